The van der Waals surface area contributed by atoms with Gasteiger partial charge in [0.15, 0.2) is 0 Å². The summed E-state index contributed by atoms with van der Waals surface area (Å²) >= 11 is 2.22. The molecule has 11 heavy (non-hydrogen) atoms. The fraction of sp³-hybridized carbons (Fsp3) is 0.571. The van der Waals surface area contributed by atoms with Gasteiger partial charge in [-0.2, -0.15) is 5.10 Å². The fourth-order valence-electron chi connectivity index (χ4n) is 1.45. The molecule has 0 fully saturated rings. The molecule has 4 heteroatoms. The van der Waals surface area contributed by atoms with Crippen LogP contribution in [-0.2, 0) is 12.8 Å². The lowest BCUT2D eigenvalue weighted by molar-refractivity contribution is 0.157. The van der Waals surface area contributed by atoms with Gasteiger partial charge in [0.05, 0.1) is 6.10 Å². The molecular formula is C7H9IN2O. The van der Waals surface area contributed by atoms with E-state index in [0.29, 0.717) is 0 Å². The Kier molecular flexibility index (Phi) is 1.88. The molecular weight excluding hydrogens is 255 g/mol. The van der Waals surface area contributed by atoms with Gasteiger partial charge in [-0.25, -0.2) is 0 Å². The van der Waals surface area contributed by atoms with Gasteiger partial charge in [-0.05, 0) is 35.4 Å². The van der Waals surface area contributed by atoms with Crippen LogP contribution in [0.3, 0.4) is 0 Å². The third-order valence-corrected chi connectivity index (χ3v) is 2.96. The lowest BCUT2D eigenvalue weighted by Crippen LogP contribution is -2.18. The monoisotopic (exact) mass is 264 g/mol. The number of aromatic amines is 1. The molecule has 0 aliphatic heterocycles. The molecule has 0 aromatic carbocycles. The van der Waals surface area contributed by atoms with Crippen LogP contribution in [0.25, 0.3) is 0 Å². The second-order valence-corrected chi connectivity index (χ2v) is 3.89. The van der Waals surface area contributed by atoms with E-state index in [9.17, 15) is 5.11 Å². The molecule has 60 valence electrons. The van der Waals surface area contributed by atoms with E-state index in [0.717, 1.165) is 28.7 Å². The van der Waals surface area contributed by atoms with Crippen LogP contribution >= 0.6 is 22.6 Å². The number of aliphatic hydroxyl groups is 1. The van der Waals surface area contributed by atoms with Crippen molar-refractivity contribution in [1.29, 1.82) is 0 Å². The van der Waals surface area contributed by atoms with Crippen molar-refractivity contribution in [3.05, 3.63) is 15.0 Å². The minimum atomic E-state index is -0.168. The SMILES string of the molecule is OC1CCc2c(I)n[nH]c2C1. The maximum absolute atomic E-state index is 9.31. The second-order valence-electron chi connectivity index (χ2n) is 2.87. The minimum absolute atomic E-state index is 0.168. The summed E-state index contributed by atoms with van der Waals surface area (Å²) in [5.74, 6) is 0. The number of fused-ring (bicyclic) bond motifs is 1. The molecule has 1 heterocycles. The first kappa shape index (κ1) is 7.54. The fourth-order valence-corrected chi connectivity index (χ4v) is 2.16. The van der Waals surface area contributed by atoms with Crippen LogP contribution in [0.5, 0.6) is 0 Å². The average molecular weight is 264 g/mol. The first-order chi connectivity index (χ1) is 5.27. The normalized spacial score (nSPS) is 23.3. The van der Waals surface area contributed by atoms with Crippen molar-refractivity contribution in [1.82, 2.24) is 10.2 Å². The lowest BCUT2D eigenvalue weighted by Gasteiger charge is -2.15. The standard InChI is InChI=1S/C7H9IN2O/c8-7-5-2-1-4(11)3-6(5)9-10-7/h4,11H,1-3H2,(H,9,10). The van der Waals surface area contributed by atoms with Gasteiger partial charge >= 0.3 is 0 Å². The zero-order valence-electron chi connectivity index (χ0n) is 5.97. The van der Waals surface area contributed by atoms with Crippen molar-refractivity contribution in [2.75, 3.05) is 0 Å². The highest BCUT2D eigenvalue weighted by Crippen LogP contribution is 2.23. The average Bonchev–Trinajstić information content (AvgIpc) is 2.32. The van der Waals surface area contributed by atoms with Gasteiger partial charge < -0.3 is 5.11 Å². The summed E-state index contributed by atoms with van der Waals surface area (Å²) in [4.78, 5) is 0. The number of hydrogen-bond acceptors (Lipinski definition) is 2. The van der Waals surface area contributed by atoms with Gasteiger partial charge in [0, 0.05) is 17.7 Å². The Morgan fingerprint density at radius 2 is 2.45 bits per heavy atom. The number of nitrogens with one attached hydrogen (secondary N) is 1. The quantitative estimate of drug-likeness (QED) is 0.683. The highest BCUT2D eigenvalue weighted by molar-refractivity contribution is 14.1. The van der Waals surface area contributed by atoms with Crippen molar-refractivity contribution >= 4 is 22.6 Å². The Morgan fingerprint density at radius 1 is 1.64 bits per heavy atom. The van der Waals surface area contributed by atoms with Crippen LogP contribution in [0.2, 0.25) is 0 Å². The number of halogens is 1. The van der Waals surface area contributed by atoms with E-state index in [1.54, 1.807) is 0 Å². The first-order valence-corrected chi connectivity index (χ1v) is 4.75. The van der Waals surface area contributed by atoms with Crippen LogP contribution in [-0.4, -0.2) is 21.4 Å². The van der Waals surface area contributed by atoms with E-state index < -0.39 is 0 Å². The first-order valence-electron chi connectivity index (χ1n) is 3.67. The maximum Gasteiger partial charge on any atom is 0.126 e. The molecule has 1 aromatic heterocycles. The third-order valence-electron chi connectivity index (χ3n) is 2.07. The summed E-state index contributed by atoms with van der Waals surface area (Å²) in [7, 11) is 0. The van der Waals surface area contributed by atoms with E-state index in [1.165, 1.54) is 5.56 Å². The molecule has 1 aliphatic rings. The molecule has 2 N–H and O–H groups in total. The number of nitrogens with zero attached hydrogens (tertiary/aromatic N) is 1. The summed E-state index contributed by atoms with van der Waals surface area (Å²) in [6.45, 7) is 0. The highest BCUT2D eigenvalue weighted by Gasteiger charge is 2.20. The van der Waals surface area contributed by atoms with E-state index >= 15 is 0 Å². The predicted octanol–water partition coefficient (Wildman–Crippen LogP) is 0.864. The van der Waals surface area contributed by atoms with Crippen LogP contribution in [0.1, 0.15) is 17.7 Å². The van der Waals surface area contributed by atoms with Crippen molar-refractivity contribution in [3.8, 4) is 0 Å². The van der Waals surface area contributed by atoms with E-state index in [2.05, 4.69) is 32.8 Å². The molecule has 1 aromatic rings. The Labute approximate surface area is 78.3 Å². The summed E-state index contributed by atoms with van der Waals surface area (Å²) < 4.78 is 1.06. The van der Waals surface area contributed by atoms with E-state index in [-0.39, 0.29) is 6.10 Å². The summed E-state index contributed by atoms with van der Waals surface area (Å²) in [5, 5.41) is 16.3. The number of rotatable bonds is 0. The lowest BCUT2D eigenvalue weighted by atomic mass is 9.96. The number of aliphatic hydroxyl groups excluding tert-OH is 1. The Bertz CT molecular complexity index is 271. The summed E-state index contributed by atoms with van der Waals surface area (Å²) in [6, 6.07) is 0. The number of aromatic nitrogens is 2. The largest absolute Gasteiger partial charge is 0.393 e. The molecule has 1 unspecified atom stereocenters. The van der Waals surface area contributed by atoms with Crippen molar-refractivity contribution in [2.24, 2.45) is 0 Å². The van der Waals surface area contributed by atoms with Gasteiger partial charge in [0.25, 0.3) is 0 Å². The minimum Gasteiger partial charge on any atom is -0.393 e. The molecule has 3 nitrogen and oxygen atoms in total. The van der Waals surface area contributed by atoms with Crippen LogP contribution in [0.4, 0.5) is 0 Å². The molecule has 1 atom stereocenters. The van der Waals surface area contributed by atoms with Gasteiger partial charge in [-0.15, -0.1) is 0 Å². The second kappa shape index (κ2) is 2.75. The van der Waals surface area contributed by atoms with Crippen LogP contribution in [0.15, 0.2) is 0 Å². The molecule has 0 amide bonds. The van der Waals surface area contributed by atoms with Gasteiger partial charge in [0.1, 0.15) is 3.70 Å². The molecule has 0 radical (unpaired) electrons. The van der Waals surface area contributed by atoms with Crippen molar-refractivity contribution in [3.63, 3.8) is 0 Å². The summed E-state index contributed by atoms with van der Waals surface area (Å²) in [6.07, 6.45) is 2.41. The topological polar surface area (TPSA) is 48.9 Å². The number of hydrogen-bond donors (Lipinski definition) is 2. The third kappa shape index (κ3) is 1.29. The predicted molar refractivity (Wildman–Crippen MR) is 49.3 cm³/mol. The smallest absolute Gasteiger partial charge is 0.126 e. The van der Waals surface area contributed by atoms with Gasteiger partial charge in [-0.3, -0.25) is 5.10 Å². The summed E-state index contributed by atoms with van der Waals surface area (Å²) in [5.41, 5.74) is 2.42. The van der Waals surface area contributed by atoms with Crippen molar-refractivity contribution in [2.45, 2.75) is 25.4 Å². The molecule has 0 bridgehead atoms. The maximum atomic E-state index is 9.31. The molecule has 2 rings (SSSR count). The zero-order valence-corrected chi connectivity index (χ0v) is 8.13. The Morgan fingerprint density at radius 3 is 3.27 bits per heavy atom. The van der Waals surface area contributed by atoms with E-state index in [4.69, 9.17) is 0 Å². The van der Waals surface area contributed by atoms with E-state index in [1.807, 2.05) is 0 Å². The van der Waals surface area contributed by atoms with Gasteiger partial charge in [0.2, 0.25) is 0 Å². The Hall–Kier alpha value is -0.100. The van der Waals surface area contributed by atoms with Crippen LogP contribution in [0, 0.1) is 3.70 Å². The number of H-pyrrole nitrogens is 1. The Balaban J connectivity index is 2.36. The molecule has 0 saturated heterocycles. The van der Waals surface area contributed by atoms with Gasteiger partial charge in [-0.1, -0.05) is 0 Å². The highest BCUT2D eigenvalue weighted by atomic mass is 127. The molecule has 1 aliphatic carbocycles. The van der Waals surface area contributed by atoms with Crippen LogP contribution < -0.4 is 0 Å². The van der Waals surface area contributed by atoms with Crippen molar-refractivity contribution < 1.29 is 5.11 Å². The zero-order chi connectivity index (χ0) is 7.84. The molecule has 0 saturated carbocycles. The molecule has 0 spiro atoms.